The zero-order valence-corrected chi connectivity index (χ0v) is 17.1. The molecular formula is C24H34N2O. The van der Waals surface area contributed by atoms with Crippen LogP contribution in [0, 0.1) is 23.7 Å². The Bertz CT molecular complexity index is 770. The number of piperidine rings is 1. The molecule has 3 heteroatoms. The highest BCUT2D eigenvalue weighted by Crippen LogP contribution is 2.59. The van der Waals surface area contributed by atoms with Crippen molar-refractivity contribution < 1.29 is 4.79 Å². The summed E-state index contributed by atoms with van der Waals surface area (Å²) in [5.41, 5.74) is 9.55. The number of hydrogen-bond donors (Lipinski definition) is 1. The predicted octanol–water partition coefficient (Wildman–Crippen LogP) is 4.13. The van der Waals surface area contributed by atoms with Gasteiger partial charge in [-0.15, -0.1) is 0 Å². The van der Waals surface area contributed by atoms with Crippen molar-refractivity contribution in [3.8, 4) is 0 Å². The van der Waals surface area contributed by atoms with Crippen molar-refractivity contribution in [3.05, 3.63) is 34.9 Å². The van der Waals surface area contributed by atoms with Gasteiger partial charge in [-0.2, -0.15) is 0 Å². The van der Waals surface area contributed by atoms with E-state index in [2.05, 4.69) is 37.8 Å². The van der Waals surface area contributed by atoms with E-state index < -0.39 is 0 Å². The van der Waals surface area contributed by atoms with Gasteiger partial charge >= 0.3 is 0 Å². The molecule has 3 fully saturated rings. The van der Waals surface area contributed by atoms with E-state index in [1.54, 1.807) is 0 Å². The van der Waals surface area contributed by atoms with Gasteiger partial charge in [0.1, 0.15) is 0 Å². The van der Waals surface area contributed by atoms with Gasteiger partial charge in [0.15, 0.2) is 0 Å². The number of benzene rings is 1. The van der Waals surface area contributed by atoms with Crippen LogP contribution in [0.1, 0.15) is 74.4 Å². The fourth-order valence-electron chi connectivity index (χ4n) is 6.98. The molecule has 1 saturated heterocycles. The largest absolute Gasteiger partial charge is 0.366 e. The van der Waals surface area contributed by atoms with E-state index in [9.17, 15) is 4.79 Å². The van der Waals surface area contributed by atoms with Crippen LogP contribution < -0.4 is 5.73 Å². The first-order valence-electron chi connectivity index (χ1n) is 11.1. The van der Waals surface area contributed by atoms with Crippen LogP contribution in [0.5, 0.6) is 0 Å². The van der Waals surface area contributed by atoms with Crippen LogP contribution >= 0.6 is 0 Å². The van der Waals surface area contributed by atoms with E-state index in [1.165, 1.54) is 49.8 Å². The molecule has 5 rings (SSSR count). The van der Waals surface area contributed by atoms with Crippen molar-refractivity contribution >= 4 is 5.91 Å². The van der Waals surface area contributed by atoms with Crippen molar-refractivity contribution in [3.63, 3.8) is 0 Å². The van der Waals surface area contributed by atoms with Crippen LogP contribution in [0.3, 0.4) is 0 Å². The molecule has 2 bridgehead atoms. The first kappa shape index (κ1) is 17.7. The van der Waals surface area contributed by atoms with E-state index in [-0.39, 0.29) is 11.3 Å². The molecule has 0 radical (unpaired) electrons. The summed E-state index contributed by atoms with van der Waals surface area (Å²) < 4.78 is 0. The van der Waals surface area contributed by atoms with Gasteiger partial charge in [0, 0.05) is 23.1 Å². The molecule has 1 aromatic rings. The van der Waals surface area contributed by atoms with Gasteiger partial charge in [-0.1, -0.05) is 19.9 Å². The van der Waals surface area contributed by atoms with Gasteiger partial charge in [-0.3, -0.25) is 9.69 Å². The van der Waals surface area contributed by atoms with Crippen LogP contribution in [0.4, 0.5) is 0 Å². The second kappa shape index (κ2) is 6.07. The second-order valence-corrected chi connectivity index (χ2v) is 10.2. The molecule has 1 aromatic carbocycles. The zero-order valence-electron chi connectivity index (χ0n) is 17.1. The van der Waals surface area contributed by atoms with E-state index in [0.717, 1.165) is 36.1 Å². The SMILES string of the molecule is C[C@@H]1C[C@]23CCN([C@@H](C)C4CC4)[C@H](Cc4ccc(C(N)=O)cc42)C3C[C@@H]1C. The average molecular weight is 367 g/mol. The van der Waals surface area contributed by atoms with Gasteiger partial charge < -0.3 is 5.73 Å². The van der Waals surface area contributed by atoms with Crippen molar-refractivity contribution in [1.29, 1.82) is 0 Å². The van der Waals surface area contributed by atoms with Gasteiger partial charge in [0.25, 0.3) is 0 Å². The van der Waals surface area contributed by atoms with Crippen LogP contribution in [0.25, 0.3) is 0 Å². The lowest BCUT2D eigenvalue weighted by Crippen LogP contribution is -2.64. The average Bonchev–Trinajstić information content (AvgIpc) is 3.47. The summed E-state index contributed by atoms with van der Waals surface area (Å²) in [6.07, 6.45) is 7.85. The maximum atomic E-state index is 11.9. The lowest BCUT2D eigenvalue weighted by molar-refractivity contribution is -0.0579. The highest BCUT2D eigenvalue weighted by Gasteiger charge is 2.57. The summed E-state index contributed by atoms with van der Waals surface area (Å²) in [5, 5.41) is 0. The number of nitrogens with zero attached hydrogens (tertiary/aromatic N) is 1. The lowest BCUT2D eigenvalue weighted by Gasteiger charge is -2.62. The van der Waals surface area contributed by atoms with Crippen LogP contribution in [-0.2, 0) is 11.8 Å². The van der Waals surface area contributed by atoms with Gasteiger partial charge in [-0.05, 0) is 98.9 Å². The summed E-state index contributed by atoms with van der Waals surface area (Å²) >= 11 is 0. The molecule has 2 saturated carbocycles. The molecule has 1 amide bonds. The number of carbonyl (C=O) groups excluding carboxylic acids is 1. The Kier molecular flexibility index (Phi) is 3.99. The van der Waals surface area contributed by atoms with Crippen molar-refractivity contribution in [2.24, 2.45) is 29.4 Å². The Morgan fingerprint density at radius 1 is 1.26 bits per heavy atom. The molecule has 1 heterocycles. The maximum absolute atomic E-state index is 11.9. The molecule has 1 aliphatic heterocycles. The number of primary amides is 1. The van der Waals surface area contributed by atoms with Crippen LogP contribution in [-0.4, -0.2) is 29.4 Å². The fourth-order valence-corrected chi connectivity index (χ4v) is 6.98. The number of rotatable bonds is 3. The monoisotopic (exact) mass is 366 g/mol. The van der Waals surface area contributed by atoms with E-state index >= 15 is 0 Å². The van der Waals surface area contributed by atoms with Gasteiger partial charge in [0.2, 0.25) is 5.91 Å². The van der Waals surface area contributed by atoms with E-state index in [4.69, 9.17) is 5.73 Å². The predicted molar refractivity (Wildman–Crippen MR) is 109 cm³/mol. The number of amides is 1. The van der Waals surface area contributed by atoms with Crippen molar-refractivity contribution in [2.75, 3.05) is 6.54 Å². The molecule has 0 aromatic heterocycles. The summed E-state index contributed by atoms with van der Waals surface area (Å²) in [5.74, 6) is 2.91. The first-order chi connectivity index (χ1) is 12.9. The molecule has 3 aliphatic carbocycles. The van der Waals surface area contributed by atoms with Gasteiger partial charge in [-0.25, -0.2) is 0 Å². The summed E-state index contributed by atoms with van der Waals surface area (Å²) in [4.78, 5) is 14.8. The summed E-state index contributed by atoms with van der Waals surface area (Å²) in [7, 11) is 0. The number of fused-ring (bicyclic) bond motifs is 1. The minimum absolute atomic E-state index is 0.259. The minimum atomic E-state index is -0.287. The highest BCUT2D eigenvalue weighted by atomic mass is 16.1. The maximum Gasteiger partial charge on any atom is 0.248 e. The quantitative estimate of drug-likeness (QED) is 0.874. The standard InChI is InChI=1S/C24H34N2O/c1-14-10-21-22-12-18-6-7-19(23(25)27)11-20(18)24(21,13-15(14)2)8-9-26(22)16(3)17-4-5-17/h6-7,11,14-17,21-22H,4-5,8-10,12-13H2,1-3H3,(H2,25,27)/t14-,15+,16-,21?,22+,24+/m0/s1. The third kappa shape index (κ3) is 2.61. The van der Waals surface area contributed by atoms with Crippen molar-refractivity contribution in [1.82, 2.24) is 4.90 Å². The number of nitrogens with two attached hydrogens (primary N) is 1. The van der Waals surface area contributed by atoms with Crippen molar-refractivity contribution in [2.45, 2.75) is 76.8 Å². The number of hydrogen-bond acceptors (Lipinski definition) is 2. The van der Waals surface area contributed by atoms with Crippen LogP contribution in [0.15, 0.2) is 18.2 Å². The normalized spacial score (nSPS) is 39.4. The fraction of sp³-hybridized carbons (Fsp3) is 0.708. The molecular weight excluding hydrogens is 332 g/mol. The molecule has 3 nitrogen and oxygen atoms in total. The smallest absolute Gasteiger partial charge is 0.248 e. The number of carbonyl (C=O) groups is 1. The molecule has 0 spiro atoms. The Balaban J connectivity index is 1.61. The first-order valence-corrected chi connectivity index (χ1v) is 11.1. The zero-order chi connectivity index (χ0) is 18.9. The van der Waals surface area contributed by atoms with Gasteiger partial charge in [0.05, 0.1) is 0 Å². The number of likely N-dealkylation sites (tertiary alicyclic amines) is 1. The Labute approximate surface area is 163 Å². The molecule has 1 unspecified atom stereocenters. The lowest BCUT2D eigenvalue weighted by atomic mass is 9.49. The van der Waals surface area contributed by atoms with Crippen LogP contribution in [0.2, 0.25) is 0 Å². The second-order valence-electron chi connectivity index (χ2n) is 10.2. The Morgan fingerprint density at radius 3 is 2.74 bits per heavy atom. The highest BCUT2D eigenvalue weighted by molar-refractivity contribution is 5.93. The molecule has 27 heavy (non-hydrogen) atoms. The van der Waals surface area contributed by atoms with E-state index in [0.29, 0.717) is 11.6 Å². The third-order valence-corrected chi connectivity index (χ3v) is 8.89. The molecule has 146 valence electrons. The third-order valence-electron chi connectivity index (χ3n) is 8.89. The van der Waals surface area contributed by atoms with E-state index in [1.807, 2.05) is 6.07 Å². The summed E-state index contributed by atoms with van der Waals surface area (Å²) in [6.45, 7) is 8.60. The Hall–Kier alpha value is -1.35. The summed E-state index contributed by atoms with van der Waals surface area (Å²) in [6, 6.07) is 7.75. The molecule has 2 N–H and O–H groups in total. The molecule has 4 aliphatic rings. The molecule has 6 atom stereocenters. The minimum Gasteiger partial charge on any atom is -0.366 e. The Morgan fingerprint density at radius 2 is 2.04 bits per heavy atom. The topological polar surface area (TPSA) is 46.3 Å².